The molecule has 0 radical (unpaired) electrons. The highest BCUT2D eigenvalue weighted by molar-refractivity contribution is 5.93. The number of rotatable bonds is 6. The number of nitrogens with one attached hydrogen (secondary N) is 1. The molecule has 0 aliphatic rings. The van der Waals surface area contributed by atoms with Crippen LogP contribution in [0, 0.1) is 13.8 Å². The lowest BCUT2D eigenvalue weighted by molar-refractivity contribution is -0.117. The molecule has 0 fully saturated rings. The number of carbonyl (C=O) groups excluding carboxylic acids is 2. The average molecular weight is 455 g/mol. The van der Waals surface area contributed by atoms with E-state index in [9.17, 15) is 14.4 Å². The van der Waals surface area contributed by atoms with Crippen LogP contribution in [0.5, 0.6) is 0 Å². The number of para-hydroxylation sites is 2. The van der Waals surface area contributed by atoms with Crippen molar-refractivity contribution in [2.75, 3.05) is 10.2 Å². The Labute approximate surface area is 197 Å². The summed E-state index contributed by atoms with van der Waals surface area (Å²) in [5.41, 5.74) is 4.19. The monoisotopic (exact) mass is 454 g/mol. The molecular formula is C27H26N4O3. The first-order valence-electron chi connectivity index (χ1n) is 11.0. The lowest BCUT2D eigenvalue weighted by Gasteiger charge is -2.22. The van der Waals surface area contributed by atoms with Crippen molar-refractivity contribution < 1.29 is 9.59 Å². The van der Waals surface area contributed by atoms with Crippen molar-refractivity contribution in [2.45, 2.75) is 33.9 Å². The van der Waals surface area contributed by atoms with E-state index in [1.165, 1.54) is 16.4 Å². The second kappa shape index (κ2) is 9.70. The van der Waals surface area contributed by atoms with Crippen LogP contribution in [0.15, 0.2) is 77.6 Å². The van der Waals surface area contributed by atoms with E-state index in [1.807, 2.05) is 62.4 Å². The number of amides is 2. The lowest BCUT2D eigenvalue weighted by atomic mass is 10.1. The third-order valence-electron chi connectivity index (χ3n) is 5.70. The molecule has 1 heterocycles. The van der Waals surface area contributed by atoms with Crippen LogP contribution in [-0.4, -0.2) is 21.4 Å². The van der Waals surface area contributed by atoms with E-state index in [-0.39, 0.29) is 30.7 Å². The summed E-state index contributed by atoms with van der Waals surface area (Å²) in [6.07, 6.45) is 0. The van der Waals surface area contributed by atoms with Crippen LogP contribution < -0.4 is 15.8 Å². The van der Waals surface area contributed by atoms with E-state index in [0.717, 1.165) is 16.7 Å². The van der Waals surface area contributed by atoms with Gasteiger partial charge in [-0.2, -0.15) is 0 Å². The second-order valence-corrected chi connectivity index (χ2v) is 8.26. The fourth-order valence-corrected chi connectivity index (χ4v) is 3.79. The summed E-state index contributed by atoms with van der Waals surface area (Å²) in [7, 11) is 0. The molecule has 0 saturated carbocycles. The Balaban J connectivity index is 1.75. The summed E-state index contributed by atoms with van der Waals surface area (Å²) >= 11 is 0. The lowest BCUT2D eigenvalue weighted by Crippen LogP contribution is -2.38. The number of hydrogen-bond acceptors (Lipinski definition) is 4. The minimum absolute atomic E-state index is 0.00223. The first-order chi connectivity index (χ1) is 16.3. The molecule has 0 spiro atoms. The minimum Gasteiger partial charge on any atom is -0.325 e. The van der Waals surface area contributed by atoms with Crippen LogP contribution in [0.25, 0.3) is 11.0 Å². The SMILES string of the molecule is CC(=O)N(Cc1ccccc1C)c1nc2ccccc2n(CC(=O)Nc2ccc(C)cc2)c1=O. The molecule has 34 heavy (non-hydrogen) atoms. The van der Waals surface area contributed by atoms with Gasteiger partial charge in [0.1, 0.15) is 6.54 Å². The standard InChI is InChI=1S/C27H26N4O3/c1-18-12-14-22(15-13-18)28-25(33)17-31-24-11-7-6-10-23(24)29-26(27(31)34)30(20(3)32)16-21-9-5-4-8-19(21)2/h4-15H,16-17H2,1-3H3,(H,28,33). The molecule has 0 aliphatic carbocycles. The molecule has 0 aliphatic heterocycles. The molecule has 1 aromatic heterocycles. The summed E-state index contributed by atoms with van der Waals surface area (Å²) in [5.74, 6) is -0.655. The summed E-state index contributed by atoms with van der Waals surface area (Å²) < 4.78 is 1.37. The van der Waals surface area contributed by atoms with E-state index < -0.39 is 5.56 Å². The molecule has 4 aromatic rings. The molecule has 0 bridgehead atoms. The van der Waals surface area contributed by atoms with E-state index in [2.05, 4.69) is 10.3 Å². The third kappa shape index (κ3) is 4.88. The minimum atomic E-state index is -0.499. The van der Waals surface area contributed by atoms with Gasteiger partial charge in [0.25, 0.3) is 5.56 Å². The average Bonchev–Trinajstić information content (AvgIpc) is 2.82. The highest BCUT2D eigenvalue weighted by Crippen LogP contribution is 2.19. The summed E-state index contributed by atoms with van der Waals surface area (Å²) in [6.45, 7) is 5.32. The fourth-order valence-electron chi connectivity index (χ4n) is 3.79. The Morgan fingerprint density at radius 2 is 1.62 bits per heavy atom. The zero-order chi connectivity index (χ0) is 24.2. The van der Waals surface area contributed by atoms with Crippen molar-refractivity contribution in [1.82, 2.24) is 9.55 Å². The third-order valence-corrected chi connectivity index (χ3v) is 5.70. The van der Waals surface area contributed by atoms with Crippen LogP contribution in [0.1, 0.15) is 23.6 Å². The molecule has 0 unspecified atom stereocenters. The molecule has 4 rings (SSSR count). The molecule has 0 saturated heterocycles. The molecule has 0 atom stereocenters. The predicted octanol–water partition coefficient (Wildman–Crippen LogP) is 4.21. The zero-order valence-electron chi connectivity index (χ0n) is 19.4. The maximum Gasteiger partial charge on any atom is 0.294 e. The Morgan fingerprint density at radius 3 is 2.32 bits per heavy atom. The van der Waals surface area contributed by atoms with Gasteiger partial charge in [-0.05, 0) is 49.2 Å². The smallest absolute Gasteiger partial charge is 0.294 e. The van der Waals surface area contributed by atoms with Crippen molar-refractivity contribution >= 4 is 34.4 Å². The Hall–Kier alpha value is -4.26. The van der Waals surface area contributed by atoms with Gasteiger partial charge in [0, 0.05) is 12.6 Å². The van der Waals surface area contributed by atoms with E-state index in [1.54, 1.807) is 24.3 Å². The van der Waals surface area contributed by atoms with Gasteiger partial charge in [-0.25, -0.2) is 4.98 Å². The molecule has 3 aromatic carbocycles. The highest BCUT2D eigenvalue weighted by atomic mass is 16.2. The Bertz CT molecular complexity index is 1420. The number of hydrogen-bond donors (Lipinski definition) is 1. The number of aryl methyl sites for hydroxylation is 2. The van der Waals surface area contributed by atoms with Crippen molar-refractivity contribution in [3.63, 3.8) is 0 Å². The Morgan fingerprint density at radius 1 is 0.941 bits per heavy atom. The number of aromatic nitrogens is 2. The van der Waals surface area contributed by atoms with Crippen LogP contribution in [-0.2, 0) is 22.7 Å². The quantitative estimate of drug-likeness (QED) is 0.473. The van der Waals surface area contributed by atoms with Crippen LogP contribution in [0.2, 0.25) is 0 Å². The predicted molar refractivity (Wildman–Crippen MR) is 134 cm³/mol. The van der Waals surface area contributed by atoms with Gasteiger partial charge < -0.3 is 5.32 Å². The molecule has 7 nitrogen and oxygen atoms in total. The van der Waals surface area contributed by atoms with E-state index in [4.69, 9.17) is 0 Å². The largest absolute Gasteiger partial charge is 0.325 e. The Kier molecular flexibility index (Phi) is 6.54. The van der Waals surface area contributed by atoms with Crippen molar-refractivity contribution in [2.24, 2.45) is 0 Å². The number of carbonyl (C=O) groups is 2. The summed E-state index contributed by atoms with van der Waals surface area (Å²) in [4.78, 5) is 44.9. The van der Waals surface area contributed by atoms with Crippen molar-refractivity contribution in [3.05, 3.63) is 99.8 Å². The molecule has 7 heteroatoms. The normalized spacial score (nSPS) is 10.8. The maximum absolute atomic E-state index is 13.6. The first-order valence-corrected chi connectivity index (χ1v) is 11.0. The number of nitrogens with zero attached hydrogens (tertiary/aromatic N) is 3. The van der Waals surface area contributed by atoms with Crippen molar-refractivity contribution in [1.29, 1.82) is 0 Å². The van der Waals surface area contributed by atoms with Crippen molar-refractivity contribution in [3.8, 4) is 0 Å². The summed E-state index contributed by atoms with van der Waals surface area (Å²) in [6, 6.07) is 22.2. The van der Waals surface area contributed by atoms with E-state index in [0.29, 0.717) is 16.7 Å². The van der Waals surface area contributed by atoms with Gasteiger partial charge >= 0.3 is 0 Å². The van der Waals surface area contributed by atoms with Gasteiger partial charge in [0.2, 0.25) is 17.6 Å². The maximum atomic E-state index is 13.6. The van der Waals surface area contributed by atoms with E-state index >= 15 is 0 Å². The van der Waals surface area contributed by atoms with Crippen LogP contribution >= 0.6 is 0 Å². The molecule has 2 amide bonds. The number of benzene rings is 3. The number of anilines is 2. The zero-order valence-corrected chi connectivity index (χ0v) is 19.4. The van der Waals surface area contributed by atoms with Gasteiger partial charge in [-0.3, -0.25) is 23.9 Å². The molecule has 172 valence electrons. The topological polar surface area (TPSA) is 84.3 Å². The highest BCUT2D eigenvalue weighted by Gasteiger charge is 2.22. The molecular weight excluding hydrogens is 428 g/mol. The molecule has 1 N–H and O–H groups in total. The van der Waals surface area contributed by atoms with Gasteiger partial charge in [0.15, 0.2) is 0 Å². The second-order valence-electron chi connectivity index (χ2n) is 8.26. The van der Waals surface area contributed by atoms with Gasteiger partial charge in [0.05, 0.1) is 17.6 Å². The van der Waals surface area contributed by atoms with Crippen LogP contribution in [0.4, 0.5) is 11.5 Å². The first kappa shape index (κ1) is 22.9. The fraction of sp³-hybridized carbons (Fsp3) is 0.185. The summed E-state index contributed by atoms with van der Waals surface area (Å²) in [5, 5.41) is 2.83. The number of fused-ring (bicyclic) bond motifs is 1. The van der Waals surface area contributed by atoms with Crippen LogP contribution in [0.3, 0.4) is 0 Å². The van der Waals surface area contributed by atoms with Gasteiger partial charge in [-0.1, -0.05) is 54.1 Å². The van der Waals surface area contributed by atoms with Gasteiger partial charge in [-0.15, -0.1) is 0 Å².